The molecule has 0 unspecified atom stereocenters. The number of tetrazole rings is 1. The lowest BCUT2D eigenvalue weighted by Gasteiger charge is -2.14. The molecule has 2 atom stereocenters. The fourth-order valence-corrected chi connectivity index (χ4v) is 3.26. The van der Waals surface area contributed by atoms with Crippen LogP contribution in [-0.2, 0) is 11.2 Å². The van der Waals surface area contributed by atoms with Gasteiger partial charge in [-0.05, 0) is 59.4 Å². The van der Waals surface area contributed by atoms with Crippen molar-refractivity contribution in [2.24, 2.45) is 5.92 Å². The standard InChI is InChI=1S/C20H22N6O/c1-13-5-3-7-16(20-23-24-25-26(20)17-11-14(17)2)19(13)22-18(27)9-8-15-6-4-10-21-12-15/h3-7,10,12,14,17H,8-9,11H2,1-2H3,(H,22,27)/t14-,17-/m1/s1. The second kappa shape index (κ2) is 7.26. The van der Waals surface area contributed by atoms with Crippen LogP contribution in [-0.4, -0.2) is 31.1 Å². The van der Waals surface area contributed by atoms with Gasteiger partial charge in [-0.2, -0.15) is 0 Å². The normalized spacial score (nSPS) is 18.3. The summed E-state index contributed by atoms with van der Waals surface area (Å²) in [6.07, 6.45) is 5.64. The largest absolute Gasteiger partial charge is 0.325 e. The van der Waals surface area contributed by atoms with Crippen molar-refractivity contribution in [3.8, 4) is 11.4 Å². The van der Waals surface area contributed by atoms with Gasteiger partial charge in [0.25, 0.3) is 0 Å². The number of hydrogen-bond donors (Lipinski definition) is 1. The Morgan fingerprint density at radius 2 is 2.15 bits per heavy atom. The number of carbonyl (C=O) groups is 1. The summed E-state index contributed by atoms with van der Waals surface area (Å²) < 4.78 is 1.88. The number of aryl methyl sites for hydroxylation is 2. The summed E-state index contributed by atoms with van der Waals surface area (Å²) in [5.41, 5.74) is 3.66. The van der Waals surface area contributed by atoms with Crippen LogP contribution in [0.2, 0.25) is 0 Å². The molecule has 0 spiro atoms. The molecule has 3 aromatic rings. The quantitative estimate of drug-likeness (QED) is 0.728. The minimum absolute atomic E-state index is 0.0341. The maximum absolute atomic E-state index is 12.6. The van der Waals surface area contributed by atoms with E-state index in [0.717, 1.165) is 28.8 Å². The van der Waals surface area contributed by atoms with Crippen LogP contribution in [0.3, 0.4) is 0 Å². The van der Waals surface area contributed by atoms with E-state index in [9.17, 15) is 4.79 Å². The fraction of sp³-hybridized carbons (Fsp3) is 0.350. The van der Waals surface area contributed by atoms with Gasteiger partial charge in [0.2, 0.25) is 5.91 Å². The SMILES string of the molecule is Cc1cccc(-c2nnnn2[C@@H]2C[C@H]2C)c1NC(=O)CCc1cccnc1. The predicted octanol–water partition coefficient (Wildman–Crippen LogP) is 3.20. The summed E-state index contributed by atoms with van der Waals surface area (Å²) in [5.74, 6) is 1.25. The van der Waals surface area contributed by atoms with E-state index in [4.69, 9.17) is 0 Å². The summed E-state index contributed by atoms with van der Waals surface area (Å²) >= 11 is 0. The van der Waals surface area contributed by atoms with Crippen molar-refractivity contribution >= 4 is 11.6 Å². The topological polar surface area (TPSA) is 85.6 Å². The van der Waals surface area contributed by atoms with Gasteiger partial charge in [-0.3, -0.25) is 9.78 Å². The van der Waals surface area contributed by atoms with Crippen LogP contribution in [0.15, 0.2) is 42.7 Å². The first kappa shape index (κ1) is 17.3. The molecule has 1 fully saturated rings. The van der Waals surface area contributed by atoms with Crippen LogP contribution < -0.4 is 5.32 Å². The molecule has 0 saturated heterocycles. The number of para-hydroxylation sites is 1. The molecule has 2 heterocycles. The predicted molar refractivity (Wildman–Crippen MR) is 102 cm³/mol. The smallest absolute Gasteiger partial charge is 0.224 e. The summed E-state index contributed by atoms with van der Waals surface area (Å²) in [4.78, 5) is 16.6. The van der Waals surface area contributed by atoms with Gasteiger partial charge in [-0.1, -0.05) is 25.1 Å². The number of carbonyl (C=O) groups excluding carboxylic acids is 1. The zero-order valence-electron chi connectivity index (χ0n) is 15.5. The van der Waals surface area contributed by atoms with Crippen molar-refractivity contribution < 1.29 is 4.79 Å². The lowest BCUT2D eigenvalue weighted by Crippen LogP contribution is -2.15. The number of nitrogens with zero attached hydrogens (tertiary/aromatic N) is 5. The highest BCUT2D eigenvalue weighted by atomic mass is 16.1. The first-order chi connectivity index (χ1) is 13.1. The van der Waals surface area contributed by atoms with Crippen molar-refractivity contribution in [1.29, 1.82) is 0 Å². The molecular weight excluding hydrogens is 340 g/mol. The first-order valence-corrected chi connectivity index (χ1v) is 9.20. The molecule has 2 aromatic heterocycles. The number of hydrogen-bond acceptors (Lipinski definition) is 5. The highest BCUT2D eigenvalue weighted by Gasteiger charge is 2.37. The molecule has 1 saturated carbocycles. The number of pyridine rings is 1. The third-order valence-electron chi connectivity index (χ3n) is 5.02. The van der Waals surface area contributed by atoms with Gasteiger partial charge in [0.15, 0.2) is 5.82 Å². The summed E-state index contributed by atoms with van der Waals surface area (Å²) in [6.45, 7) is 4.17. The fourth-order valence-electron chi connectivity index (χ4n) is 3.26. The molecular formula is C20H22N6O. The van der Waals surface area contributed by atoms with Crippen LogP contribution in [0.5, 0.6) is 0 Å². The van der Waals surface area contributed by atoms with E-state index in [1.807, 2.05) is 41.9 Å². The van der Waals surface area contributed by atoms with Crippen LogP contribution in [0.4, 0.5) is 5.69 Å². The molecule has 7 heteroatoms. The van der Waals surface area contributed by atoms with Crippen LogP contribution in [0.1, 0.15) is 36.9 Å². The van der Waals surface area contributed by atoms with Crippen molar-refractivity contribution in [3.05, 3.63) is 53.9 Å². The molecule has 0 aliphatic heterocycles. The summed E-state index contributed by atoms with van der Waals surface area (Å²) in [5, 5.41) is 15.3. The third-order valence-corrected chi connectivity index (χ3v) is 5.02. The van der Waals surface area contributed by atoms with Gasteiger partial charge in [0, 0.05) is 24.4 Å². The molecule has 1 N–H and O–H groups in total. The van der Waals surface area contributed by atoms with Gasteiger partial charge in [0.1, 0.15) is 0 Å². The number of nitrogens with one attached hydrogen (secondary N) is 1. The summed E-state index contributed by atoms with van der Waals surface area (Å²) in [6, 6.07) is 10.1. The second-order valence-electron chi connectivity index (χ2n) is 7.13. The maximum Gasteiger partial charge on any atom is 0.224 e. The molecule has 1 aromatic carbocycles. The molecule has 0 bridgehead atoms. The van der Waals surface area contributed by atoms with E-state index in [-0.39, 0.29) is 5.91 Å². The van der Waals surface area contributed by atoms with Gasteiger partial charge in [0.05, 0.1) is 11.7 Å². The number of amides is 1. The monoisotopic (exact) mass is 362 g/mol. The Morgan fingerprint density at radius 1 is 1.30 bits per heavy atom. The van der Waals surface area contributed by atoms with Gasteiger partial charge in [-0.15, -0.1) is 5.10 Å². The van der Waals surface area contributed by atoms with E-state index in [1.165, 1.54) is 0 Å². The Balaban J connectivity index is 1.55. The number of benzene rings is 1. The molecule has 0 radical (unpaired) electrons. The van der Waals surface area contributed by atoms with E-state index in [0.29, 0.717) is 30.6 Å². The Kier molecular flexibility index (Phi) is 4.66. The van der Waals surface area contributed by atoms with E-state index < -0.39 is 0 Å². The zero-order chi connectivity index (χ0) is 18.8. The van der Waals surface area contributed by atoms with Crippen molar-refractivity contribution in [2.45, 2.75) is 39.2 Å². The zero-order valence-corrected chi connectivity index (χ0v) is 15.5. The third kappa shape index (κ3) is 3.72. The molecule has 1 amide bonds. The number of rotatable bonds is 6. The van der Waals surface area contributed by atoms with E-state index in [1.54, 1.807) is 12.4 Å². The van der Waals surface area contributed by atoms with E-state index in [2.05, 4.69) is 32.7 Å². The molecule has 7 nitrogen and oxygen atoms in total. The Hall–Kier alpha value is -3.09. The Labute approximate surface area is 157 Å². The average molecular weight is 362 g/mol. The highest BCUT2D eigenvalue weighted by molar-refractivity contribution is 5.96. The average Bonchev–Trinajstić information content (AvgIpc) is 3.20. The lowest BCUT2D eigenvalue weighted by atomic mass is 10.1. The van der Waals surface area contributed by atoms with Crippen LogP contribution in [0, 0.1) is 12.8 Å². The Morgan fingerprint density at radius 3 is 2.89 bits per heavy atom. The number of aromatic nitrogens is 5. The minimum atomic E-state index is -0.0341. The molecule has 138 valence electrons. The second-order valence-corrected chi connectivity index (χ2v) is 7.13. The van der Waals surface area contributed by atoms with Crippen LogP contribution in [0.25, 0.3) is 11.4 Å². The Bertz CT molecular complexity index is 952. The van der Waals surface area contributed by atoms with Crippen molar-refractivity contribution in [2.75, 3.05) is 5.32 Å². The van der Waals surface area contributed by atoms with Crippen molar-refractivity contribution in [3.63, 3.8) is 0 Å². The van der Waals surface area contributed by atoms with Gasteiger partial charge >= 0.3 is 0 Å². The molecule has 4 rings (SSSR count). The lowest BCUT2D eigenvalue weighted by molar-refractivity contribution is -0.116. The molecule has 27 heavy (non-hydrogen) atoms. The van der Waals surface area contributed by atoms with Crippen LogP contribution >= 0.6 is 0 Å². The highest BCUT2D eigenvalue weighted by Crippen LogP contribution is 2.44. The van der Waals surface area contributed by atoms with Gasteiger partial charge < -0.3 is 5.32 Å². The minimum Gasteiger partial charge on any atom is -0.325 e. The molecule has 1 aliphatic rings. The van der Waals surface area contributed by atoms with E-state index >= 15 is 0 Å². The summed E-state index contributed by atoms with van der Waals surface area (Å²) in [7, 11) is 0. The maximum atomic E-state index is 12.6. The first-order valence-electron chi connectivity index (χ1n) is 9.20. The van der Waals surface area contributed by atoms with Crippen molar-refractivity contribution in [1.82, 2.24) is 25.2 Å². The van der Waals surface area contributed by atoms with Gasteiger partial charge in [-0.25, -0.2) is 4.68 Å². The number of anilines is 1. The molecule has 1 aliphatic carbocycles.